The molecule has 0 spiro atoms. The second-order valence-corrected chi connectivity index (χ2v) is 6.06. The molecular weight excluding hydrogens is 437 g/mol. The molecule has 4 aromatic rings. The highest BCUT2D eigenvalue weighted by Gasteiger charge is 2.03. The minimum atomic E-state index is 0.415. The zero-order chi connectivity index (χ0) is 15.7. The zero-order valence-corrected chi connectivity index (χ0v) is 14.8. The average molecular weight is 446 g/mol. The van der Waals surface area contributed by atoms with Gasteiger partial charge in [0.05, 0.1) is 12.4 Å². The Morgan fingerprint density at radius 3 is 2.00 bits per heavy atom. The molecule has 0 bridgehead atoms. The lowest BCUT2D eigenvalue weighted by molar-refractivity contribution is 1.10. The molecule has 112 valence electrons. The minimum Gasteiger partial charge on any atom is -0.381 e. The van der Waals surface area contributed by atoms with Gasteiger partial charge in [0.15, 0.2) is 22.3 Å². The van der Waals surface area contributed by atoms with Crippen LogP contribution in [0.3, 0.4) is 0 Å². The summed E-state index contributed by atoms with van der Waals surface area (Å²) in [6.45, 7) is 0. The summed E-state index contributed by atoms with van der Waals surface area (Å²) in [6.07, 6.45) is 10.2. The third kappa shape index (κ3) is 2.79. The first-order valence-electron chi connectivity index (χ1n) is 5.94. The van der Waals surface area contributed by atoms with Gasteiger partial charge >= 0.3 is 0 Å². The number of hydrogen-bond acceptors (Lipinski definition) is 5. The third-order valence-corrected chi connectivity index (χ3v) is 4.19. The first-order chi connectivity index (χ1) is 10.6. The number of nitrogens with zero attached hydrogens (tertiary/aromatic N) is 6. The number of fused-ring (bicyclic) bond motifs is 2. The van der Waals surface area contributed by atoms with Crippen molar-refractivity contribution >= 4 is 60.6 Å². The fourth-order valence-corrected chi connectivity index (χ4v) is 2.74. The third-order valence-electron chi connectivity index (χ3n) is 2.75. The van der Waals surface area contributed by atoms with E-state index in [0.717, 1.165) is 9.21 Å². The van der Waals surface area contributed by atoms with Crippen molar-refractivity contribution in [2.75, 3.05) is 5.73 Å². The van der Waals surface area contributed by atoms with Crippen molar-refractivity contribution in [2.24, 2.45) is 0 Å². The molecule has 2 N–H and O–H groups in total. The molecule has 0 saturated heterocycles. The van der Waals surface area contributed by atoms with Crippen LogP contribution in [0, 0.1) is 0 Å². The van der Waals surface area contributed by atoms with E-state index in [2.05, 4.69) is 51.8 Å². The predicted molar refractivity (Wildman–Crippen MR) is 90.8 cm³/mol. The van der Waals surface area contributed by atoms with Crippen molar-refractivity contribution in [2.45, 2.75) is 0 Å². The zero-order valence-electron chi connectivity index (χ0n) is 10.9. The molecule has 0 aliphatic carbocycles. The Morgan fingerprint density at radius 1 is 0.864 bits per heavy atom. The van der Waals surface area contributed by atoms with E-state index in [9.17, 15) is 0 Å². The smallest absolute Gasteiger partial charge is 0.180 e. The van der Waals surface area contributed by atoms with E-state index in [0.29, 0.717) is 22.3 Å². The van der Waals surface area contributed by atoms with Gasteiger partial charge in [-0.15, -0.1) is 0 Å². The number of nitrogen functional groups attached to an aromatic ring is 1. The van der Waals surface area contributed by atoms with Crippen LogP contribution in [0.1, 0.15) is 0 Å². The number of rotatable bonds is 0. The maximum atomic E-state index is 5.76. The number of imidazole rings is 2. The molecule has 0 amide bonds. The van der Waals surface area contributed by atoms with E-state index in [-0.39, 0.29) is 0 Å². The van der Waals surface area contributed by atoms with Gasteiger partial charge in [-0.25, -0.2) is 19.9 Å². The van der Waals surface area contributed by atoms with E-state index < -0.39 is 0 Å². The van der Waals surface area contributed by atoms with Crippen LogP contribution in [0.2, 0.25) is 5.15 Å². The van der Waals surface area contributed by atoms with Crippen LogP contribution in [-0.4, -0.2) is 28.7 Å². The summed E-state index contributed by atoms with van der Waals surface area (Å²) >= 11 is 12.4. The van der Waals surface area contributed by atoms with Crippen LogP contribution in [0.15, 0.2) is 46.4 Å². The Labute approximate surface area is 146 Å². The number of halogens is 3. The summed E-state index contributed by atoms with van der Waals surface area (Å²) in [6, 6.07) is 0. The van der Waals surface area contributed by atoms with Gasteiger partial charge in [0.2, 0.25) is 0 Å². The molecule has 22 heavy (non-hydrogen) atoms. The lowest BCUT2D eigenvalue weighted by atomic mass is 10.6. The van der Waals surface area contributed by atoms with Crippen LogP contribution in [0.5, 0.6) is 0 Å². The molecule has 4 aromatic heterocycles. The summed E-state index contributed by atoms with van der Waals surface area (Å²) in [7, 11) is 0. The quantitative estimate of drug-likeness (QED) is 0.449. The molecule has 0 fully saturated rings. The van der Waals surface area contributed by atoms with Gasteiger partial charge in [-0.05, 0) is 31.9 Å². The largest absolute Gasteiger partial charge is 0.381 e. The molecule has 10 heteroatoms. The second-order valence-electron chi connectivity index (χ2n) is 4.08. The van der Waals surface area contributed by atoms with Crippen LogP contribution < -0.4 is 5.73 Å². The van der Waals surface area contributed by atoms with Gasteiger partial charge in [-0.3, -0.25) is 8.80 Å². The van der Waals surface area contributed by atoms with Crippen molar-refractivity contribution in [3.05, 3.63) is 51.5 Å². The van der Waals surface area contributed by atoms with E-state index in [1.807, 2.05) is 8.80 Å². The van der Waals surface area contributed by atoms with E-state index in [1.54, 1.807) is 37.2 Å². The molecule has 7 nitrogen and oxygen atoms in total. The summed E-state index contributed by atoms with van der Waals surface area (Å²) in [5.74, 6) is 0.443. The van der Waals surface area contributed by atoms with Gasteiger partial charge < -0.3 is 5.73 Å². The van der Waals surface area contributed by atoms with Gasteiger partial charge in [0, 0.05) is 24.8 Å². The highest BCUT2D eigenvalue weighted by atomic mass is 79.9. The Hall–Kier alpha value is -1.71. The molecule has 0 unspecified atom stereocenters. The summed E-state index contributed by atoms with van der Waals surface area (Å²) in [4.78, 5) is 15.9. The van der Waals surface area contributed by atoms with E-state index in [4.69, 9.17) is 17.3 Å². The Balaban J connectivity index is 0.000000131. The summed E-state index contributed by atoms with van der Waals surface area (Å²) in [5, 5.41) is 0.415. The predicted octanol–water partition coefficient (Wildman–Crippen LogP) is 3.22. The van der Waals surface area contributed by atoms with Crippen molar-refractivity contribution < 1.29 is 0 Å². The van der Waals surface area contributed by atoms with Gasteiger partial charge in [-0.2, -0.15) is 0 Å². The van der Waals surface area contributed by atoms with Gasteiger partial charge in [0.1, 0.15) is 9.21 Å². The standard InChI is InChI=1S/C6H3BrClN3.C6H5BrN4/c2*7-4-3-10-6-5(8)9-1-2-11(4)6/h1-3H;1-3H,(H2,8,9). The molecule has 0 saturated carbocycles. The van der Waals surface area contributed by atoms with Crippen LogP contribution in [0.4, 0.5) is 5.82 Å². The highest BCUT2D eigenvalue weighted by molar-refractivity contribution is 9.10. The number of hydrogen-bond donors (Lipinski definition) is 1. The van der Waals surface area contributed by atoms with Gasteiger partial charge in [0.25, 0.3) is 0 Å². The lowest BCUT2D eigenvalue weighted by Gasteiger charge is -1.95. The summed E-state index contributed by atoms with van der Waals surface area (Å²) < 4.78 is 5.39. The van der Waals surface area contributed by atoms with Crippen molar-refractivity contribution in [3.63, 3.8) is 0 Å². The maximum Gasteiger partial charge on any atom is 0.180 e. The first-order valence-corrected chi connectivity index (χ1v) is 7.90. The SMILES string of the molecule is Clc1nccn2c(Br)cnc12.Nc1nccn2c(Br)cnc12. The Kier molecular flexibility index (Phi) is 4.27. The highest BCUT2D eigenvalue weighted by Crippen LogP contribution is 2.17. The fourth-order valence-electron chi connectivity index (χ4n) is 1.77. The van der Waals surface area contributed by atoms with Crippen LogP contribution >= 0.6 is 43.5 Å². The first kappa shape index (κ1) is 15.2. The molecule has 4 rings (SSSR count). The summed E-state index contributed by atoms with van der Waals surface area (Å²) in [5.41, 5.74) is 6.90. The van der Waals surface area contributed by atoms with Crippen molar-refractivity contribution in [1.82, 2.24) is 28.7 Å². The fraction of sp³-hybridized carbons (Fsp3) is 0. The minimum absolute atomic E-state index is 0.415. The molecule has 0 atom stereocenters. The molecule has 0 radical (unpaired) electrons. The maximum absolute atomic E-state index is 5.76. The number of anilines is 1. The molecule has 0 aromatic carbocycles. The molecule has 0 aliphatic heterocycles. The van der Waals surface area contributed by atoms with E-state index >= 15 is 0 Å². The lowest BCUT2D eigenvalue weighted by Crippen LogP contribution is -1.95. The van der Waals surface area contributed by atoms with Gasteiger partial charge in [-0.1, -0.05) is 11.6 Å². The van der Waals surface area contributed by atoms with Crippen LogP contribution in [-0.2, 0) is 0 Å². The topological polar surface area (TPSA) is 86.4 Å². The molecule has 4 heterocycles. The number of nitrogens with two attached hydrogens (primary N) is 1. The molecule has 0 aliphatic rings. The Morgan fingerprint density at radius 2 is 1.41 bits per heavy atom. The van der Waals surface area contributed by atoms with Crippen molar-refractivity contribution in [3.8, 4) is 0 Å². The normalized spacial score (nSPS) is 10.7. The van der Waals surface area contributed by atoms with E-state index in [1.165, 1.54) is 0 Å². The number of aromatic nitrogens is 6. The van der Waals surface area contributed by atoms with Crippen molar-refractivity contribution in [1.29, 1.82) is 0 Å². The Bertz CT molecular complexity index is 871. The van der Waals surface area contributed by atoms with Crippen LogP contribution in [0.25, 0.3) is 11.3 Å². The second kappa shape index (κ2) is 6.19. The molecular formula is C12H8Br2ClN7. The monoisotopic (exact) mass is 443 g/mol. The average Bonchev–Trinajstić information content (AvgIpc) is 3.07.